The lowest BCUT2D eigenvalue weighted by Gasteiger charge is -2.14. The van der Waals surface area contributed by atoms with Crippen LogP contribution in [-0.2, 0) is 11.3 Å². The maximum Gasteiger partial charge on any atom is 0.261 e. The van der Waals surface area contributed by atoms with Crippen LogP contribution in [-0.4, -0.2) is 12.0 Å². The molecule has 1 aromatic carbocycles. The van der Waals surface area contributed by atoms with Gasteiger partial charge in [-0.2, -0.15) is 0 Å². The molecule has 1 heterocycles. The number of furan rings is 1. The monoisotopic (exact) mass is 245 g/mol. The number of nitrogens with one attached hydrogen (secondary N) is 1. The van der Waals surface area contributed by atoms with Gasteiger partial charge in [0.05, 0.1) is 12.8 Å². The van der Waals surface area contributed by atoms with E-state index in [1.807, 2.05) is 36.4 Å². The van der Waals surface area contributed by atoms with E-state index in [9.17, 15) is 4.79 Å². The van der Waals surface area contributed by atoms with Gasteiger partial charge in [-0.05, 0) is 31.2 Å². The topological polar surface area (TPSA) is 51.5 Å². The summed E-state index contributed by atoms with van der Waals surface area (Å²) in [7, 11) is 0. The number of rotatable bonds is 5. The standard InChI is InChI=1S/C14H15NO3/c1-11(18-12-6-3-2-4-7-12)14(16)15-10-13-8-5-9-17-13/h2-9,11H,10H2,1H3,(H,15,16)/t11-/m0/s1. The van der Waals surface area contributed by atoms with Crippen molar-refractivity contribution < 1.29 is 13.9 Å². The maximum atomic E-state index is 11.8. The SMILES string of the molecule is C[C@H](Oc1ccccc1)C(=O)NCc1ccco1. The van der Waals surface area contributed by atoms with Crippen molar-refractivity contribution >= 4 is 5.91 Å². The highest BCUT2D eigenvalue weighted by atomic mass is 16.5. The largest absolute Gasteiger partial charge is 0.481 e. The third-order valence-electron chi connectivity index (χ3n) is 2.44. The Bertz CT molecular complexity index is 479. The zero-order valence-electron chi connectivity index (χ0n) is 10.1. The van der Waals surface area contributed by atoms with Gasteiger partial charge in [0, 0.05) is 0 Å². The predicted octanol–water partition coefficient (Wildman–Crippen LogP) is 2.36. The lowest BCUT2D eigenvalue weighted by molar-refractivity contribution is -0.127. The molecule has 0 spiro atoms. The van der Waals surface area contributed by atoms with Crippen LogP contribution >= 0.6 is 0 Å². The zero-order chi connectivity index (χ0) is 12.8. The van der Waals surface area contributed by atoms with E-state index in [4.69, 9.17) is 9.15 Å². The molecule has 0 aliphatic rings. The summed E-state index contributed by atoms with van der Waals surface area (Å²) in [6, 6.07) is 12.8. The van der Waals surface area contributed by atoms with Crippen LogP contribution in [0.5, 0.6) is 5.75 Å². The van der Waals surface area contributed by atoms with Crippen molar-refractivity contribution in [3.8, 4) is 5.75 Å². The third kappa shape index (κ3) is 3.38. The van der Waals surface area contributed by atoms with E-state index < -0.39 is 6.10 Å². The van der Waals surface area contributed by atoms with E-state index in [2.05, 4.69) is 5.32 Å². The molecule has 1 aromatic heterocycles. The van der Waals surface area contributed by atoms with Gasteiger partial charge in [0.15, 0.2) is 6.10 Å². The van der Waals surface area contributed by atoms with Crippen LogP contribution in [0.2, 0.25) is 0 Å². The first-order chi connectivity index (χ1) is 8.75. The van der Waals surface area contributed by atoms with Crippen LogP contribution in [0.15, 0.2) is 53.1 Å². The van der Waals surface area contributed by atoms with Crippen molar-refractivity contribution in [1.29, 1.82) is 0 Å². The normalized spacial score (nSPS) is 11.8. The average molecular weight is 245 g/mol. The molecule has 4 nitrogen and oxygen atoms in total. The molecule has 0 aliphatic carbocycles. The van der Waals surface area contributed by atoms with Crippen molar-refractivity contribution in [2.75, 3.05) is 0 Å². The molecule has 1 amide bonds. The van der Waals surface area contributed by atoms with Crippen LogP contribution in [0.1, 0.15) is 12.7 Å². The second-order valence-electron chi connectivity index (χ2n) is 3.87. The fraction of sp³-hybridized carbons (Fsp3) is 0.214. The Labute approximate surface area is 106 Å². The summed E-state index contributed by atoms with van der Waals surface area (Å²) in [6.45, 7) is 2.08. The summed E-state index contributed by atoms with van der Waals surface area (Å²) >= 11 is 0. The van der Waals surface area contributed by atoms with Crippen LogP contribution in [0.25, 0.3) is 0 Å². The Morgan fingerprint density at radius 1 is 1.28 bits per heavy atom. The molecule has 0 saturated heterocycles. The van der Waals surface area contributed by atoms with Crippen LogP contribution in [0, 0.1) is 0 Å². The number of hydrogen-bond donors (Lipinski definition) is 1. The first-order valence-electron chi connectivity index (χ1n) is 5.77. The van der Waals surface area contributed by atoms with E-state index >= 15 is 0 Å². The van der Waals surface area contributed by atoms with Gasteiger partial charge in [0.1, 0.15) is 11.5 Å². The fourth-order valence-corrected chi connectivity index (χ4v) is 1.49. The molecular formula is C14H15NO3. The lowest BCUT2D eigenvalue weighted by Crippen LogP contribution is -2.35. The van der Waals surface area contributed by atoms with Gasteiger partial charge in [-0.1, -0.05) is 18.2 Å². The average Bonchev–Trinajstić information content (AvgIpc) is 2.90. The summed E-state index contributed by atoms with van der Waals surface area (Å²) in [6.07, 6.45) is 1.04. The molecule has 0 radical (unpaired) electrons. The molecule has 2 aromatic rings. The number of benzene rings is 1. The van der Waals surface area contributed by atoms with Gasteiger partial charge in [0.25, 0.3) is 5.91 Å². The number of amides is 1. The van der Waals surface area contributed by atoms with Crippen molar-refractivity contribution in [3.63, 3.8) is 0 Å². The second-order valence-corrected chi connectivity index (χ2v) is 3.87. The summed E-state index contributed by atoms with van der Waals surface area (Å²) < 4.78 is 10.6. The van der Waals surface area contributed by atoms with Crippen LogP contribution in [0.4, 0.5) is 0 Å². The molecule has 1 N–H and O–H groups in total. The highest BCUT2D eigenvalue weighted by Gasteiger charge is 2.14. The molecular weight excluding hydrogens is 230 g/mol. The van der Waals surface area contributed by atoms with Gasteiger partial charge in [-0.15, -0.1) is 0 Å². The zero-order valence-corrected chi connectivity index (χ0v) is 10.1. The molecule has 0 saturated carbocycles. The molecule has 4 heteroatoms. The minimum atomic E-state index is -0.539. The molecule has 0 fully saturated rings. The molecule has 0 unspecified atom stereocenters. The number of hydrogen-bond acceptors (Lipinski definition) is 3. The van der Waals surface area contributed by atoms with Gasteiger partial charge < -0.3 is 14.5 Å². The second kappa shape index (κ2) is 5.91. The smallest absolute Gasteiger partial charge is 0.261 e. The molecule has 2 rings (SSSR count). The Morgan fingerprint density at radius 2 is 2.06 bits per heavy atom. The van der Waals surface area contributed by atoms with Crippen LogP contribution < -0.4 is 10.1 Å². The summed E-state index contributed by atoms with van der Waals surface area (Å²) in [4.78, 5) is 11.8. The lowest BCUT2D eigenvalue weighted by atomic mass is 10.3. The van der Waals surface area contributed by atoms with Gasteiger partial charge >= 0.3 is 0 Å². The van der Waals surface area contributed by atoms with Crippen molar-refractivity contribution in [2.24, 2.45) is 0 Å². The Hall–Kier alpha value is -2.23. The highest BCUT2D eigenvalue weighted by molar-refractivity contribution is 5.80. The minimum absolute atomic E-state index is 0.171. The highest BCUT2D eigenvalue weighted by Crippen LogP contribution is 2.10. The van der Waals surface area contributed by atoms with Gasteiger partial charge in [-0.3, -0.25) is 4.79 Å². The Morgan fingerprint density at radius 3 is 2.72 bits per heavy atom. The summed E-state index contributed by atoms with van der Waals surface area (Å²) in [5.74, 6) is 1.23. The maximum absolute atomic E-state index is 11.8. The van der Waals surface area contributed by atoms with Crippen LogP contribution in [0.3, 0.4) is 0 Å². The molecule has 18 heavy (non-hydrogen) atoms. The van der Waals surface area contributed by atoms with Gasteiger partial charge in [0.2, 0.25) is 0 Å². The van der Waals surface area contributed by atoms with E-state index in [-0.39, 0.29) is 5.91 Å². The number of carbonyl (C=O) groups excluding carboxylic acids is 1. The summed E-state index contributed by atoms with van der Waals surface area (Å²) in [5.41, 5.74) is 0. The van der Waals surface area contributed by atoms with E-state index in [1.165, 1.54) is 0 Å². The van der Waals surface area contributed by atoms with E-state index in [0.29, 0.717) is 12.3 Å². The molecule has 0 aliphatic heterocycles. The van der Waals surface area contributed by atoms with E-state index in [1.54, 1.807) is 19.3 Å². The fourth-order valence-electron chi connectivity index (χ4n) is 1.49. The van der Waals surface area contributed by atoms with Gasteiger partial charge in [-0.25, -0.2) is 0 Å². The molecule has 1 atom stereocenters. The summed E-state index contributed by atoms with van der Waals surface area (Å²) in [5, 5.41) is 2.75. The Balaban J connectivity index is 1.82. The van der Waals surface area contributed by atoms with Crippen molar-refractivity contribution in [2.45, 2.75) is 19.6 Å². The van der Waals surface area contributed by atoms with Crippen molar-refractivity contribution in [1.82, 2.24) is 5.32 Å². The van der Waals surface area contributed by atoms with E-state index in [0.717, 1.165) is 5.76 Å². The Kier molecular flexibility index (Phi) is 4.02. The number of para-hydroxylation sites is 1. The third-order valence-corrected chi connectivity index (χ3v) is 2.44. The predicted molar refractivity (Wildman–Crippen MR) is 67.1 cm³/mol. The quantitative estimate of drug-likeness (QED) is 0.879. The van der Waals surface area contributed by atoms with Crippen molar-refractivity contribution in [3.05, 3.63) is 54.5 Å². The first kappa shape index (κ1) is 12.2. The number of carbonyl (C=O) groups is 1. The first-order valence-corrected chi connectivity index (χ1v) is 5.77. The minimum Gasteiger partial charge on any atom is -0.481 e. The molecule has 94 valence electrons. The molecule has 0 bridgehead atoms. The number of ether oxygens (including phenoxy) is 1.